The van der Waals surface area contributed by atoms with Gasteiger partial charge in [-0.3, -0.25) is 38.4 Å². The first kappa shape index (κ1) is 69.2. The SMILES string of the molecule is C=CC(=O)OC(CC)CCCOC(=O)CCC(=O)OCCC1CCC(OC(=O)C2CCC(C(=O)Oc3ccc(OC(=O)C4CCC(C(=O)OC5CCC(CCOC(=O)CCC(=O)OCCCC(CC)OC(=O)C=C)CC5)CC4)c(C)c3)CC2)CC1. The minimum atomic E-state index is -0.490. The van der Waals surface area contributed by atoms with Crippen LogP contribution in [0.3, 0.4) is 0 Å². The van der Waals surface area contributed by atoms with Crippen LogP contribution in [0.5, 0.6) is 11.5 Å². The zero-order valence-electron chi connectivity index (χ0n) is 50.4. The normalized spacial score (nSPS) is 22.8. The van der Waals surface area contributed by atoms with Crippen molar-refractivity contribution in [3.05, 3.63) is 49.1 Å². The van der Waals surface area contributed by atoms with Crippen molar-refractivity contribution < 1.29 is 95.3 Å². The van der Waals surface area contributed by atoms with E-state index < -0.39 is 35.8 Å². The molecule has 4 fully saturated rings. The molecular weight excluding hydrogens is 1100 g/mol. The van der Waals surface area contributed by atoms with Gasteiger partial charge in [0.05, 0.1) is 75.8 Å². The molecule has 5 rings (SSSR count). The minimum Gasteiger partial charge on any atom is -0.466 e. The summed E-state index contributed by atoms with van der Waals surface area (Å²) in [5.41, 5.74) is 0.625. The Bertz CT molecular complexity index is 2360. The number of carbonyl (C=O) groups excluding carboxylic acids is 10. The fourth-order valence-corrected chi connectivity index (χ4v) is 11.4. The second kappa shape index (κ2) is 37.7. The third-order valence-corrected chi connectivity index (χ3v) is 16.8. The molecule has 20 heteroatoms. The standard InChI is InChI=1S/C65H92O20/c1-6-50(80-56(66)8-3)12-10-38-76-58(68)32-34-60(70)78-40-36-44-14-26-52(27-15-44)82-62(72)46-18-20-48(21-19-46)64(74)84-54-30-31-55(43(5)42-54)85-65(75)49-24-22-47(23-25-49)63(73)83-53-28-16-45(17-29-53)37-41-79-61(71)35-33-59(69)77-39-11-13-51(7-2)81-57(67)9-4/h8-9,30-31,42,44-53H,3-4,6-7,10-29,32-41H2,1-2,5H3. The molecule has 4 aliphatic carbocycles. The van der Waals surface area contributed by atoms with E-state index in [1.807, 2.05) is 13.8 Å². The Kier molecular flexibility index (Phi) is 30.7. The lowest BCUT2D eigenvalue weighted by molar-refractivity contribution is -0.159. The Morgan fingerprint density at radius 3 is 1.18 bits per heavy atom. The van der Waals surface area contributed by atoms with Crippen LogP contribution in [-0.2, 0) is 85.8 Å². The van der Waals surface area contributed by atoms with E-state index in [0.29, 0.717) is 132 Å². The lowest BCUT2D eigenvalue weighted by Gasteiger charge is -2.31. The van der Waals surface area contributed by atoms with Crippen molar-refractivity contribution in [1.82, 2.24) is 0 Å². The third-order valence-electron chi connectivity index (χ3n) is 16.8. The molecule has 4 saturated carbocycles. The monoisotopic (exact) mass is 1190 g/mol. The maximum absolute atomic E-state index is 13.3. The van der Waals surface area contributed by atoms with Crippen molar-refractivity contribution in [3.63, 3.8) is 0 Å². The zero-order chi connectivity index (χ0) is 61.5. The molecule has 4 aliphatic rings. The topological polar surface area (TPSA) is 263 Å². The summed E-state index contributed by atoms with van der Waals surface area (Å²) in [7, 11) is 0. The van der Waals surface area contributed by atoms with Gasteiger partial charge in [-0.25, -0.2) is 9.59 Å². The van der Waals surface area contributed by atoms with Gasteiger partial charge < -0.3 is 47.4 Å². The van der Waals surface area contributed by atoms with Gasteiger partial charge in [-0.05, 0) is 197 Å². The van der Waals surface area contributed by atoms with Crippen molar-refractivity contribution in [1.29, 1.82) is 0 Å². The smallest absolute Gasteiger partial charge is 0.330 e. The predicted molar refractivity (Wildman–Crippen MR) is 308 cm³/mol. The number of hydrogen-bond donors (Lipinski definition) is 0. The van der Waals surface area contributed by atoms with Gasteiger partial charge in [0, 0.05) is 12.2 Å². The Balaban J connectivity index is 0.863. The molecule has 1 aromatic carbocycles. The maximum atomic E-state index is 13.3. The van der Waals surface area contributed by atoms with Gasteiger partial charge in [-0.15, -0.1) is 0 Å². The molecule has 0 radical (unpaired) electrons. The van der Waals surface area contributed by atoms with E-state index in [2.05, 4.69) is 13.2 Å². The van der Waals surface area contributed by atoms with Crippen LogP contribution in [0.2, 0.25) is 0 Å². The third kappa shape index (κ3) is 25.9. The summed E-state index contributed by atoms with van der Waals surface area (Å²) in [5, 5.41) is 0. The largest absolute Gasteiger partial charge is 0.466 e. The molecule has 0 amide bonds. The highest BCUT2D eigenvalue weighted by Gasteiger charge is 2.36. The van der Waals surface area contributed by atoms with Crippen LogP contribution in [0, 0.1) is 42.4 Å². The number of aryl methyl sites for hydroxylation is 1. The molecule has 85 heavy (non-hydrogen) atoms. The lowest BCUT2D eigenvalue weighted by Crippen LogP contribution is -2.32. The second-order valence-electron chi connectivity index (χ2n) is 23.1. The summed E-state index contributed by atoms with van der Waals surface area (Å²) >= 11 is 0. The van der Waals surface area contributed by atoms with Crippen LogP contribution in [0.4, 0.5) is 0 Å². The molecule has 0 heterocycles. The Morgan fingerprint density at radius 1 is 0.471 bits per heavy atom. The molecule has 0 bridgehead atoms. The quantitative estimate of drug-likeness (QED) is 0.0204. The molecule has 2 unspecified atom stereocenters. The van der Waals surface area contributed by atoms with Crippen LogP contribution in [-0.4, -0.2) is 111 Å². The molecule has 0 spiro atoms. The average Bonchev–Trinajstić information content (AvgIpc) is 3.60. The van der Waals surface area contributed by atoms with Crippen LogP contribution >= 0.6 is 0 Å². The van der Waals surface area contributed by atoms with Crippen molar-refractivity contribution in [3.8, 4) is 11.5 Å². The number of benzene rings is 1. The van der Waals surface area contributed by atoms with E-state index in [9.17, 15) is 47.9 Å². The number of ether oxygens (including phenoxy) is 10. The fourth-order valence-electron chi connectivity index (χ4n) is 11.4. The molecule has 20 nitrogen and oxygen atoms in total. The zero-order valence-corrected chi connectivity index (χ0v) is 50.4. The summed E-state index contributed by atoms with van der Waals surface area (Å²) in [6.07, 6.45) is 16.1. The molecule has 0 saturated heterocycles. The highest BCUT2D eigenvalue weighted by Crippen LogP contribution is 2.37. The second-order valence-corrected chi connectivity index (χ2v) is 23.1. The van der Waals surface area contributed by atoms with Crippen LogP contribution in [0.25, 0.3) is 0 Å². The maximum Gasteiger partial charge on any atom is 0.330 e. The lowest BCUT2D eigenvalue weighted by atomic mass is 9.81. The van der Waals surface area contributed by atoms with E-state index in [1.165, 1.54) is 0 Å². The average molecular weight is 1190 g/mol. The molecule has 0 aromatic heterocycles. The van der Waals surface area contributed by atoms with Crippen molar-refractivity contribution in [2.75, 3.05) is 26.4 Å². The molecule has 0 N–H and O–H groups in total. The van der Waals surface area contributed by atoms with Crippen molar-refractivity contribution >= 4 is 59.7 Å². The van der Waals surface area contributed by atoms with E-state index >= 15 is 0 Å². The number of carbonyl (C=O) groups is 10. The summed E-state index contributed by atoms with van der Waals surface area (Å²) < 4.78 is 55.0. The molecule has 1 aromatic rings. The van der Waals surface area contributed by atoms with Gasteiger partial charge >= 0.3 is 59.7 Å². The molecule has 2 atom stereocenters. The number of hydrogen-bond acceptors (Lipinski definition) is 20. The molecular formula is C65H92O20. The summed E-state index contributed by atoms with van der Waals surface area (Å²) in [4.78, 5) is 124. The molecule has 0 aliphatic heterocycles. The summed E-state index contributed by atoms with van der Waals surface area (Å²) in [6.45, 7) is 13.2. The van der Waals surface area contributed by atoms with Crippen molar-refractivity contribution in [2.45, 2.75) is 225 Å². The predicted octanol–water partition coefficient (Wildman–Crippen LogP) is 10.7. The first-order valence-electron chi connectivity index (χ1n) is 31.2. The van der Waals surface area contributed by atoms with Crippen LogP contribution in [0.15, 0.2) is 43.5 Å². The highest BCUT2D eigenvalue weighted by molar-refractivity contribution is 5.82. The van der Waals surface area contributed by atoms with Gasteiger partial charge in [0.2, 0.25) is 0 Å². The van der Waals surface area contributed by atoms with Gasteiger partial charge in [0.25, 0.3) is 0 Å². The first-order chi connectivity index (χ1) is 40.9. The van der Waals surface area contributed by atoms with Gasteiger partial charge in [-0.2, -0.15) is 0 Å². The number of rotatable bonds is 34. The molecule has 472 valence electrons. The van der Waals surface area contributed by atoms with E-state index in [-0.39, 0.29) is 124 Å². The fraction of sp³-hybridized carbons (Fsp3) is 0.692. The van der Waals surface area contributed by atoms with Crippen LogP contribution < -0.4 is 9.47 Å². The van der Waals surface area contributed by atoms with Gasteiger partial charge in [0.1, 0.15) is 35.9 Å². The van der Waals surface area contributed by atoms with Crippen molar-refractivity contribution in [2.24, 2.45) is 35.5 Å². The highest BCUT2D eigenvalue weighted by atomic mass is 16.6. The van der Waals surface area contributed by atoms with Gasteiger partial charge in [0.15, 0.2) is 0 Å². The Morgan fingerprint density at radius 2 is 0.824 bits per heavy atom. The first-order valence-corrected chi connectivity index (χ1v) is 31.2. The summed E-state index contributed by atoms with van der Waals surface area (Å²) in [5.74, 6) is -4.07. The van der Waals surface area contributed by atoms with Gasteiger partial charge in [-0.1, -0.05) is 27.0 Å². The minimum absolute atomic E-state index is 0.0718. The van der Waals surface area contributed by atoms with E-state index in [4.69, 9.17) is 47.4 Å². The number of esters is 10. The summed E-state index contributed by atoms with van der Waals surface area (Å²) in [6, 6.07) is 4.88. The van der Waals surface area contributed by atoms with E-state index in [1.54, 1.807) is 25.1 Å². The Labute approximate surface area is 500 Å². The van der Waals surface area contributed by atoms with Crippen LogP contribution in [0.1, 0.15) is 199 Å². The Hall–Kier alpha value is -6.60. The van der Waals surface area contributed by atoms with E-state index in [0.717, 1.165) is 63.5 Å².